The third-order valence-electron chi connectivity index (χ3n) is 3.68. The molecule has 3 nitrogen and oxygen atoms in total. The van der Waals surface area contributed by atoms with Crippen LogP contribution in [0.25, 0.3) is 0 Å². The van der Waals surface area contributed by atoms with Gasteiger partial charge < -0.3 is 5.11 Å². The number of hydrogen-bond acceptors (Lipinski definition) is 2. The van der Waals surface area contributed by atoms with Crippen LogP contribution >= 0.6 is 0 Å². The van der Waals surface area contributed by atoms with Gasteiger partial charge >= 0.3 is 5.97 Å². The molecular formula is C13H15F2NO2. The molecule has 98 valence electrons. The van der Waals surface area contributed by atoms with Gasteiger partial charge in [0.05, 0.1) is 5.41 Å². The van der Waals surface area contributed by atoms with Crippen LogP contribution < -0.4 is 0 Å². The van der Waals surface area contributed by atoms with Gasteiger partial charge in [-0.2, -0.15) is 0 Å². The zero-order valence-corrected chi connectivity index (χ0v) is 9.90. The lowest BCUT2D eigenvalue weighted by Crippen LogP contribution is -2.40. The first-order valence-corrected chi connectivity index (χ1v) is 5.94. The van der Waals surface area contributed by atoms with Crippen molar-refractivity contribution in [1.29, 1.82) is 0 Å². The molecule has 0 unspecified atom stereocenters. The number of hydrogen-bond donors (Lipinski definition) is 1. The molecule has 1 heterocycles. The first-order chi connectivity index (χ1) is 8.44. The summed E-state index contributed by atoms with van der Waals surface area (Å²) in [4.78, 5) is 15.3. The minimum atomic E-state index is -2.71. The van der Waals surface area contributed by atoms with Crippen molar-refractivity contribution in [3.8, 4) is 0 Å². The van der Waals surface area contributed by atoms with E-state index in [2.05, 4.69) is 4.98 Å². The lowest BCUT2D eigenvalue weighted by Gasteiger charge is -2.36. The van der Waals surface area contributed by atoms with E-state index in [-0.39, 0.29) is 25.7 Å². The molecule has 0 aliphatic heterocycles. The molecule has 1 fully saturated rings. The zero-order chi connectivity index (χ0) is 13.2. The topological polar surface area (TPSA) is 50.2 Å². The van der Waals surface area contributed by atoms with Gasteiger partial charge in [0, 0.05) is 25.2 Å². The van der Waals surface area contributed by atoms with Gasteiger partial charge in [0.1, 0.15) is 0 Å². The second kappa shape index (κ2) is 4.63. The molecule has 0 spiro atoms. The number of carboxylic acid groups (broad SMARTS) is 1. The van der Waals surface area contributed by atoms with Crippen LogP contribution in [0.4, 0.5) is 8.78 Å². The highest BCUT2D eigenvalue weighted by molar-refractivity contribution is 5.75. The summed E-state index contributed by atoms with van der Waals surface area (Å²) in [5.74, 6) is -3.69. The van der Waals surface area contributed by atoms with Crippen molar-refractivity contribution in [2.45, 2.75) is 38.0 Å². The van der Waals surface area contributed by atoms with Gasteiger partial charge in [-0.05, 0) is 37.0 Å². The summed E-state index contributed by atoms with van der Waals surface area (Å²) in [6.45, 7) is 0. The van der Waals surface area contributed by atoms with Gasteiger partial charge in [-0.15, -0.1) is 0 Å². The lowest BCUT2D eigenvalue weighted by atomic mass is 9.69. The molecule has 0 radical (unpaired) electrons. The predicted octanol–water partition coefficient (Wildman–Crippen LogP) is 2.90. The Morgan fingerprint density at radius 3 is 2.28 bits per heavy atom. The smallest absolute Gasteiger partial charge is 0.309 e. The van der Waals surface area contributed by atoms with Crippen molar-refractivity contribution in [1.82, 2.24) is 4.98 Å². The Hall–Kier alpha value is -1.52. The Morgan fingerprint density at radius 2 is 1.78 bits per heavy atom. The normalized spacial score (nSPS) is 21.4. The monoisotopic (exact) mass is 255 g/mol. The lowest BCUT2D eigenvalue weighted by molar-refractivity contribution is -0.156. The molecule has 0 saturated heterocycles. The highest BCUT2D eigenvalue weighted by Crippen LogP contribution is 2.45. The van der Waals surface area contributed by atoms with Crippen LogP contribution in [0.3, 0.4) is 0 Å². The second-order valence-electron chi connectivity index (χ2n) is 4.97. The maximum atomic E-state index is 13.1. The van der Waals surface area contributed by atoms with Gasteiger partial charge in [-0.1, -0.05) is 0 Å². The van der Waals surface area contributed by atoms with Crippen molar-refractivity contribution in [3.05, 3.63) is 30.1 Å². The molecule has 0 aromatic carbocycles. The highest BCUT2D eigenvalue weighted by atomic mass is 19.3. The summed E-state index contributed by atoms with van der Waals surface area (Å²) in [6, 6.07) is 3.47. The zero-order valence-electron chi connectivity index (χ0n) is 9.90. The minimum Gasteiger partial charge on any atom is -0.481 e. The Morgan fingerprint density at radius 1 is 1.22 bits per heavy atom. The summed E-state index contributed by atoms with van der Waals surface area (Å²) >= 11 is 0. The number of nitrogens with zero attached hydrogens (tertiary/aromatic N) is 1. The molecule has 1 aliphatic rings. The number of rotatable bonds is 3. The van der Waals surface area contributed by atoms with Crippen molar-refractivity contribution in [3.63, 3.8) is 0 Å². The van der Waals surface area contributed by atoms with E-state index in [0.717, 1.165) is 5.56 Å². The first-order valence-electron chi connectivity index (χ1n) is 5.94. The molecular weight excluding hydrogens is 240 g/mol. The molecule has 1 aliphatic carbocycles. The van der Waals surface area contributed by atoms with E-state index in [1.807, 2.05) is 0 Å². The van der Waals surface area contributed by atoms with Crippen LogP contribution in [0.15, 0.2) is 24.5 Å². The van der Waals surface area contributed by atoms with E-state index in [4.69, 9.17) is 0 Å². The molecule has 0 amide bonds. The maximum absolute atomic E-state index is 13.1. The van der Waals surface area contributed by atoms with Crippen LogP contribution in [0.5, 0.6) is 0 Å². The molecule has 0 bridgehead atoms. The number of aliphatic carboxylic acids is 1. The van der Waals surface area contributed by atoms with E-state index >= 15 is 0 Å². The van der Waals surface area contributed by atoms with Crippen molar-refractivity contribution in [2.24, 2.45) is 5.41 Å². The Balaban J connectivity index is 2.17. The molecule has 1 N–H and O–H groups in total. The Labute approximate surface area is 104 Å². The molecule has 1 saturated carbocycles. The number of halogens is 2. The van der Waals surface area contributed by atoms with Gasteiger partial charge in [0.15, 0.2) is 0 Å². The number of carbonyl (C=O) groups is 1. The SMILES string of the molecule is O=C(O)C1(Cc2ccncc2)CCC(F)(F)CC1. The number of alkyl halides is 2. The summed E-state index contributed by atoms with van der Waals surface area (Å²) < 4.78 is 26.3. The van der Waals surface area contributed by atoms with Crippen molar-refractivity contribution in [2.75, 3.05) is 0 Å². The van der Waals surface area contributed by atoms with Gasteiger partial charge in [0.2, 0.25) is 5.92 Å². The van der Waals surface area contributed by atoms with Gasteiger partial charge in [-0.3, -0.25) is 9.78 Å². The number of pyridine rings is 1. The minimum absolute atomic E-state index is 0.0255. The fourth-order valence-corrected chi connectivity index (χ4v) is 2.45. The molecule has 5 heteroatoms. The molecule has 1 aromatic heterocycles. The van der Waals surface area contributed by atoms with Gasteiger partial charge in [-0.25, -0.2) is 8.78 Å². The third-order valence-corrected chi connectivity index (χ3v) is 3.68. The van der Waals surface area contributed by atoms with E-state index in [1.54, 1.807) is 24.5 Å². The third kappa shape index (κ3) is 2.66. The van der Waals surface area contributed by atoms with Crippen molar-refractivity contribution >= 4 is 5.97 Å². The maximum Gasteiger partial charge on any atom is 0.309 e. The number of carboxylic acids is 1. The Kier molecular flexibility index (Phi) is 3.32. The van der Waals surface area contributed by atoms with E-state index < -0.39 is 17.3 Å². The van der Waals surface area contributed by atoms with Crippen LogP contribution in [0.1, 0.15) is 31.2 Å². The second-order valence-corrected chi connectivity index (χ2v) is 4.97. The van der Waals surface area contributed by atoms with Crippen LogP contribution in [-0.4, -0.2) is 22.0 Å². The standard InChI is InChI=1S/C13H15F2NO2/c14-13(15)5-3-12(4-6-13,11(17)18)9-10-1-7-16-8-2-10/h1-2,7-8H,3-6,9H2,(H,17,18). The predicted molar refractivity (Wildman–Crippen MR) is 61.4 cm³/mol. The van der Waals surface area contributed by atoms with E-state index in [9.17, 15) is 18.7 Å². The molecule has 18 heavy (non-hydrogen) atoms. The van der Waals surface area contributed by atoms with E-state index in [1.165, 1.54) is 0 Å². The first kappa shape index (κ1) is 12.9. The van der Waals surface area contributed by atoms with Crippen LogP contribution in [-0.2, 0) is 11.2 Å². The summed E-state index contributed by atoms with van der Waals surface area (Å²) in [7, 11) is 0. The quantitative estimate of drug-likeness (QED) is 0.903. The highest BCUT2D eigenvalue weighted by Gasteiger charge is 2.47. The summed E-state index contributed by atoms with van der Waals surface area (Å²) in [5.41, 5.74) is -0.221. The van der Waals surface area contributed by atoms with Crippen molar-refractivity contribution < 1.29 is 18.7 Å². The van der Waals surface area contributed by atoms with Gasteiger partial charge in [0.25, 0.3) is 0 Å². The molecule has 0 atom stereocenters. The Bertz CT molecular complexity index is 424. The summed E-state index contributed by atoms with van der Waals surface area (Å²) in [5, 5.41) is 9.36. The fraction of sp³-hybridized carbons (Fsp3) is 0.538. The number of aromatic nitrogens is 1. The average molecular weight is 255 g/mol. The average Bonchev–Trinajstić information content (AvgIpc) is 2.33. The van der Waals surface area contributed by atoms with Crippen LogP contribution in [0.2, 0.25) is 0 Å². The van der Waals surface area contributed by atoms with E-state index in [0.29, 0.717) is 6.42 Å². The molecule has 2 rings (SSSR count). The summed E-state index contributed by atoms with van der Waals surface area (Å²) in [6.07, 6.45) is 2.83. The molecule has 1 aromatic rings. The fourth-order valence-electron chi connectivity index (χ4n) is 2.45. The van der Waals surface area contributed by atoms with Crippen LogP contribution in [0, 0.1) is 5.41 Å². The largest absolute Gasteiger partial charge is 0.481 e.